The predicted octanol–water partition coefficient (Wildman–Crippen LogP) is 0.993. The predicted molar refractivity (Wildman–Crippen MR) is 49.8 cm³/mol. The van der Waals surface area contributed by atoms with E-state index in [0.717, 1.165) is 25.0 Å². The molecule has 0 unspecified atom stereocenters. The smallest absolute Gasteiger partial charge is 0.265 e. The van der Waals surface area contributed by atoms with Crippen LogP contribution >= 0.6 is 11.5 Å². The molecule has 1 saturated carbocycles. The fraction of sp³-hybridized carbons (Fsp3) is 0.625. The molecule has 13 heavy (non-hydrogen) atoms. The van der Waals surface area contributed by atoms with Gasteiger partial charge in [-0.3, -0.25) is 4.79 Å². The van der Waals surface area contributed by atoms with Gasteiger partial charge in [0.2, 0.25) is 0 Å². The van der Waals surface area contributed by atoms with Crippen LogP contribution in [0.1, 0.15) is 35.1 Å². The SMILES string of the molecule is CCc1nnsc1C(=O)NC1CC1. The molecule has 5 heteroatoms. The van der Waals surface area contributed by atoms with Gasteiger partial charge in [0.15, 0.2) is 0 Å². The van der Waals surface area contributed by atoms with Gasteiger partial charge in [-0.15, -0.1) is 5.10 Å². The monoisotopic (exact) mass is 197 g/mol. The van der Waals surface area contributed by atoms with Crippen LogP contribution in [0.2, 0.25) is 0 Å². The van der Waals surface area contributed by atoms with Crippen LogP contribution in [0.15, 0.2) is 0 Å². The van der Waals surface area contributed by atoms with Crippen LogP contribution in [0.4, 0.5) is 0 Å². The number of nitrogens with one attached hydrogen (secondary N) is 1. The molecule has 1 amide bonds. The van der Waals surface area contributed by atoms with E-state index < -0.39 is 0 Å². The Labute approximate surface area is 80.5 Å². The number of nitrogens with zero attached hydrogens (tertiary/aromatic N) is 2. The van der Waals surface area contributed by atoms with Crippen LogP contribution in [0, 0.1) is 0 Å². The number of carbonyl (C=O) groups excluding carboxylic acids is 1. The van der Waals surface area contributed by atoms with E-state index in [1.165, 1.54) is 11.5 Å². The maximum absolute atomic E-state index is 11.6. The second-order valence-corrected chi connectivity index (χ2v) is 3.90. The molecular formula is C8H11N3OS. The van der Waals surface area contributed by atoms with E-state index in [1.807, 2.05) is 6.92 Å². The maximum Gasteiger partial charge on any atom is 0.265 e. The van der Waals surface area contributed by atoms with Crippen molar-refractivity contribution in [2.45, 2.75) is 32.2 Å². The minimum absolute atomic E-state index is 0.00523. The summed E-state index contributed by atoms with van der Waals surface area (Å²) in [6, 6.07) is 0.402. The van der Waals surface area contributed by atoms with Crippen LogP contribution in [0.3, 0.4) is 0 Å². The molecule has 0 atom stereocenters. The fourth-order valence-electron chi connectivity index (χ4n) is 1.09. The van der Waals surface area contributed by atoms with Crippen LogP contribution in [0.5, 0.6) is 0 Å². The van der Waals surface area contributed by atoms with E-state index in [0.29, 0.717) is 10.9 Å². The molecule has 70 valence electrons. The molecule has 0 bridgehead atoms. The number of carbonyl (C=O) groups is 1. The lowest BCUT2D eigenvalue weighted by molar-refractivity contribution is 0.0954. The van der Waals surface area contributed by atoms with Gasteiger partial charge in [-0.05, 0) is 30.8 Å². The zero-order valence-electron chi connectivity index (χ0n) is 7.41. The zero-order valence-corrected chi connectivity index (χ0v) is 8.23. The minimum atomic E-state index is -0.00523. The minimum Gasteiger partial charge on any atom is -0.348 e. The van der Waals surface area contributed by atoms with Gasteiger partial charge in [0.25, 0.3) is 5.91 Å². The van der Waals surface area contributed by atoms with Gasteiger partial charge in [0.1, 0.15) is 4.88 Å². The zero-order chi connectivity index (χ0) is 9.26. The average Bonchev–Trinajstić information content (AvgIpc) is 2.82. The first-order valence-electron chi connectivity index (χ1n) is 4.43. The van der Waals surface area contributed by atoms with Crippen LogP contribution in [0.25, 0.3) is 0 Å². The van der Waals surface area contributed by atoms with E-state index in [2.05, 4.69) is 14.9 Å². The van der Waals surface area contributed by atoms with Crippen molar-refractivity contribution < 1.29 is 4.79 Å². The quantitative estimate of drug-likeness (QED) is 0.786. The standard InChI is InChI=1S/C8H11N3OS/c1-2-6-7(13-11-10-6)8(12)9-5-3-4-5/h5H,2-4H2,1H3,(H,9,12). The first-order valence-corrected chi connectivity index (χ1v) is 5.20. The molecular weight excluding hydrogens is 186 g/mol. The highest BCUT2D eigenvalue weighted by Gasteiger charge is 2.25. The molecule has 1 N–H and O–H groups in total. The van der Waals surface area contributed by atoms with E-state index in [-0.39, 0.29) is 5.91 Å². The van der Waals surface area contributed by atoms with Gasteiger partial charge in [-0.25, -0.2) is 0 Å². The second kappa shape index (κ2) is 3.41. The van der Waals surface area contributed by atoms with E-state index >= 15 is 0 Å². The van der Waals surface area contributed by atoms with Crippen LogP contribution < -0.4 is 5.32 Å². The lowest BCUT2D eigenvalue weighted by Crippen LogP contribution is -2.25. The van der Waals surface area contributed by atoms with Crippen molar-refractivity contribution in [2.24, 2.45) is 0 Å². The van der Waals surface area contributed by atoms with Gasteiger partial charge in [0.05, 0.1) is 5.69 Å². The summed E-state index contributed by atoms with van der Waals surface area (Å²) in [7, 11) is 0. The molecule has 1 aliphatic carbocycles. The number of hydrogen-bond donors (Lipinski definition) is 1. The Morgan fingerprint density at radius 1 is 1.69 bits per heavy atom. The summed E-state index contributed by atoms with van der Waals surface area (Å²) in [5.41, 5.74) is 0.808. The first-order chi connectivity index (χ1) is 6.31. The molecule has 0 aliphatic heterocycles. The molecule has 0 aromatic carbocycles. The Kier molecular flexibility index (Phi) is 2.26. The summed E-state index contributed by atoms with van der Waals surface area (Å²) in [5, 5.41) is 6.81. The van der Waals surface area contributed by atoms with Crippen molar-refractivity contribution in [3.05, 3.63) is 10.6 Å². The number of hydrogen-bond acceptors (Lipinski definition) is 4. The van der Waals surface area contributed by atoms with Crippen molar-refractivity contribution in [1.29, 1.82) is 0 Å². The summed E-state index contributed by atoms with van der Waals surface area (Å²) in [5.74, 6) is -0.00523. The second-order valence-electron chi connectivity index (χ2n) is 3.15. The van der Waals surface area contributed by atoms with Crippen molar-refractivity contribution in [1.82, 2.24) is 14.9 Å². The summed E-state index contributed by atoms with van der Waals surface area (Å²) < 4.78 is 3.77. The lowest BCUT2D eigenvalue weighted by atomic mass is 10.3. The maximum atomic E-state index is 11.6. The van der Waals surface area contributed by atoms with Gasteiger partial charge in [0, 0.05) is 6.04 Å². The Morgan fingerprint density at radius 3 is 3.08 bits per heavy atom. The van der Waals surface area contributed by atoms with Gasteiger partial charge in [-0.1, -0.05) is 11.4 Å². The largest absolute Gasteiger partial charge is 0.348 e. The Balaban J connectivity index is 2.08. The first kappa shape index (κ1) is 8.62. The molecule has 4 nitrogen and oxygen atoms in total. The van der Waals surface area contributed by atoms with Crippen molar-refractivity contribution in [2.75, 3.05) is 0 Å². The van der Waals surface area contributed by atoms with Crippen molar-refractivity contribution in [3.63, 3.8) is 0 Å². The van der Waals surface area contributed by atoms with Gasteiger partial charge < -0.3 is 5.32 Å². The molecule has 1 heterocycles. The number of aromatic nitrogens is 2. The normalized spacial score (nSPS) is 15.8. The Hall–Kier alpha value is -0.970. The van der Waals surface area contributed by atoms with Crippen molar-refractivity contribution in [3.8, 4) is 0 Å². The Bertz CT molecular complexity index is 319. The number of aryl methyl sites for hydroxylation is 1. The molecule has 0 radical (unpaired) electrons. The molecule has 1 aromatic rings. The molecule has 2 rings (SSSR count). The summed E-state index contributed by atoms with van der Waals surface area (Å²) in [4.78, 5) is 12.2. The fourth-order valence-corrected chi connectivity index (χ4v) is 1.74. The average molecular weight is 197 g/mol. The van der Waals surface area contributed by atoms with E-state index in [1.54, 1.807) is 0 Å². The molecule has 0 saturated heterocycles. The van der Waals surface area contributed by atoms with Gasteiger partial charge in [-0.2, -0.15) is 0 Å². The molecule has 1 fully saturated rings. The highest BCUT2D eigenvalue weighted by Crippen LogP contribution is 2.20. The third-order valence-electron chi connectivity index (χ3n) is 2.01. The van der Waals surface area contributed by atoms with E-state index in [4.69, 9.17) is 0 Å². The third-order valence-corrected chi connectivity index (χ3v) is 2.78. The summed E-state index contributed by atoms with van der Waals surface area (Å²) in [6.07, 6.45) is 2.99. The topological polar surface area (TPSA) is 54.9 Å². The third kappa shape index (κ3) is 1.85. The molecule has 1 aromatic heterocycles. The molecule has 0 spiro atoms. The summed E-state index contributed by atoms with van der Waals surface area (Å²) in [6.45, 7) is 1.98. The number of amides is 1. The van der Waals surface area contributed by atoms with Gasteiger partial charge >= 0.3 is 0 Å². The summed E-state index contributed by atoms with van der Waals surface area (Å²) >= 11 is 1.18. The highest BCUT2D eigenvalue weighted by molar-refractivity contribution is 7.08. The highest BCUT2D eigenvalue weighted by atomic mass is 32.1. The van der Waals surface area contributed by atoms with Crippen molar-refractivity contribution >= 4 is 17.4 Å². The molecule has 1 aliphatic rings. The van der Waals surface area contributed by atoms with E-state index in [9.17, 15) is 4.79 Å². The lowest BCUT2D eigenvalue weighted by Gasteiger charge is -1.99. The van der Waals surface area contributed by atoms with Crippen LogP contribution in [-0.2, 0) is 6.42 Å². The number of rotatable bonds is 3. The van der Waals surface area contributed by atoms with Crippen LogP contribution in [-0.4, -0.2) is 21.5 Å². The Morgan fingerprint density at radius 2 is 2.46 bits per heavy atom.